The molecule has 1 saturated heterocycles. The Balaban J connectivity index is 1.54. The summed E-state index contributed by atoms with van der Waals surface area (Å²) < 4.78 is 10.9. The number of carbonyl (C=O) groups excluding carboxylic acids is 2. The smallest absolute Gasteiger partial charge is 0.294 e. The fourth-order valence-corrected chi connectivity index (χ4v) is 5.09. The Kier molecular flexibility index (Phi) is 7.58. The standard InChI is InChI=1S/C28H30ClN3O4/c29-21-9-13-24(14-10-21)32(28(34)25-6-3-17-36-25)26(27(33)30-22-4-1-2-5-22)20-7-11-23(12-8-20)31-15-18-35-19-16-31/h3,6-14,17,22,26H,1-2,4-5,15-16,18-19H2,(H,30,33). The summed E-state index contributed by atoms with van der Waals surface area (Å²) in [7, 11) is 0. The molecule has 7 nitrogen and oxygen atoms in total. The number of rotatable bonds is 7. The second-order valence-corrected chi connectivity index (χ2v) is 9.65. The molecule has 8 heteroatoms. The molecule has 1 aliphatic carbocycles. The van der Waals surface area contributed by atoms with Crippen LogP contribution in [0.4, 0.5) is 11.4 Å². The molecule has 0 bridgehead atoms. The van der Waals surface area contributed by atoms with Crippen LogP contribution in [0.15, 0.2) is 71.3 Å². The molecule has 0 radical (unpaired) electrons. The number of nitrogens with one attached hydrogen (secondary N) is 1. The lowest BCUT2D eigenvalue weighted by molar-refractivity contribution is -0.123. The second kappa shape index (κ2) is 11.2. The van der Waals surface area contributed by atoms with Gasteiger partial charge in [-0.1, -0.05) is 36.6 Å². The Bertz CT molecular complexity index is 1150. The number of morpholine rings is 1. The number of amides is 2. The highest BCUT2D eigenvalue weighted by Gasteiger charge is 2.36. The molecular formula is C28H30ClN3O4. The number of hydrogen-bond donors (Lipinski definition) is 1. The van der Waals surface area contributed by atoms with Crippen LogP contribution in [-0.2, 0) is 9.53 Å². The number of halogens is 1. The summed E-state index contributed by atoms with van der Waals surface area (Å²) in [6.07, 6.45) is 5.53. The van der Waals surface area contributed by atoms with Crippen LogP contribution in [0, 0.1) is 0 Å². The zero-order valence-electron chi connectivity index (χ0n) is 20.1. The van der Waals surface area contributed by atoms with Crippen LogP contribution in [0.1, 0.15) is 47.8 Å². The molecule has 2 heterocycles. The molecule has 1 aliphatic heterocycles. The molecule has 1 aromatic heterocycles. The van der Waals surface area contributed by atoms with Gasteiger partial charge in [0.25, 0.3) is 5.91 Å². The average Bonchev–Trinajstić information content (AvgIpc) is 3.63. The molecule has 2 amide bonds. The van der Waals surface area contributed by atoms with Gasteiger partial charge >= 0.3 is 0 Å². The minimum Gasteiger partial charge on any atom is -0.459 e. The molecule has 1 unspecified atom stereocenters. The topological polar surface area (TPSA) is 75.0 Å². The van der Waals surface area contributed by atoms with Crippen molar-refractivity contribution in [1.29, 1.82) is 0 Å². The molecule has 188 valence electrons. The van der Waals surface area contributed by atoms with Crippen molar-refractivity contribution in [3.8, 4) is 0 Å². The SMILES string of the molecule is O=C(NC1CCCC1)C(c1ccc(N2CCOCC2)cc1)N(C(=O)c1ccco1)c1ccc(Cl)cc1. The third-order valence-electron chi connectivity index (χ3n) is 6.85. The van der Waals surface area contributed by atoms with Gasteiger partial charge < -0.3 is 19.4 Å². The highest BCUT2D eigenvalue weighted by molar-refractivity contribution is 6.30. The molecule has 5 rings (SSSR count). The van der Waals surface area contributed by atoms with E-state index in [1.54, 1.807) is 36.4 Å². The molecule has 1 saturated carbocycles. The van der Waals surface area contributed by atoms with Gasteiger partial charge in [0.15, 0.2) is 5.76 Å². The van der Waals surface area contributed by atoms with Gasteiger partial charge in [0.05, 0.1) is 19.5 Å². The lowest BCUT2D eigenvalue weighted by Gasteiger charge is -2.33. The van der Waals surface area contributed by atoms with Crippen LogP contribution >= 0.6 is 11.6 Å². The lowest BCUT2D eigenvalue weighted by Crippen LogP contribution is -2.46. The largest absolute Gasteiger partial charge is 0.459 e. The first-order valence-electron chi connectivity index (χ1n) is 12.5. The Morgan fingerprint density at radius 2 is 1.67 bits per heavy atom. The molecule has 2 aliphatic rings. The lowest BCUT2D eigenvalue weighted by atomic mass is 10.0. The van der Waals surface area contributed by atoms with E-state index in [2.05, 4.69) is 10.2 Å². The maximum Gasteiger partial charge on any atom is 0.294 e. The van der Waals surface area contributed by atoms with E-state index in [0.717, 1.165) is 50.0 Å². The Hall–Kier alpha value is -3.29. The van der Waals surface area contributed by atoms with Crippen LogP contribution in [0.2, 0.25) is 5.02 Å². The highest BCUT2D eigenvalue weighted by Crippen LogP contribution is 2.32. The van der Waals surface area contributed by atoms with E-state index < -0.39 is 11.9 Å². The Labute approximate surface area is 216 Å². The molecule has 36 heavy (non-hydrogen) atoms. The predicted octanol–water partition coefficient (Wildman–Crippen LogP) is 5.22. The van der Waals surface area contributed by atoms with E-state index >= 15 is 0 Å². The van der Waals surface area contributed by atoms with E-state index in [0.29, 0.717) is 23.9 Å². The number of hydrogen-bond acceptors (Lipinski definition) is 5. The Morgan fingerprint density at radius 3 is 2.31 bits per heavy atom. The molecule has 2 aromatic carbocycles. The minimum absolute atomic E-state index is 0.110. The first-order chi connectivity index (χ1) is 17.6. The summed E-state index contributed by atoms with van der Waals surface area (Å²) in [5.74, 6) is -0.449. The van der Waals surface area contributed by atoms with Gasteiger partial charge in [0.2, 0.25) is 5.91 Å². The monoisotopic (exact) mass is 507 g/mol. The summed E-state index contributed by atoms with van der Waals surface area (Å²) in [5, 5.41) is 3.75. The van der Waals surface area contributed by atoms with Crippen LogP contribution in [-0.4, -0.2) is 44.2 Å². The van der Waals surface area contributed by atoms with Crippen LogP contribution < -0.4 is 15.1 Å². The minimum atomic E-state index is -0.886. The third-order valence-corrected chi connectivity index (χ3v) is 7.10. The van der Waals surface area contributed by atoms with Crippen LogP contribution in [0.3, 0.4) is 0 Å². The van der Waals surface area contributed by atoms with Gasteiger partial charge in [0.1, 0.15) is 6.04 Å². The molecular weight excluding hydrogens is 478 g/mol. The first-order valence-corrected chi connectivity index (χ1v) is 12.8. The van der Waals surface area contributed by atoms with Crippen LogP contribution in [0.5, 0.6) is 0 Å². The summed E-state index contributed by atoms with van der Waals surface area (Å²) in [5.41, 5.74) is 2.34. The maximum atomic E-state index is 13.9. The molecule has 3 aromatic rings. The van der Waals surface area contributed by atoms with Crippen molar-refractivity contribution in [3.63, 3.8) is 0 Å². The van der Waals surface area contributed by atoms with E-state index in [-0.39, 0.29) is 17.7 Å². The summed E-state index contributed by atoms with van der Waals surface area (Å²) in [6.45, 7) is 3.02. The first kappa shape index (κ1) is 24.4. The van der Waals surface area contributed by atoms with Gasteiger partial charge in [-0.25, -0.2) is 0 Å². The van der Waals surface area contributed by atoms with Crippen molar-refractivity contribution in [1.82, 2.24) is 5.32 Å². The third kappa shape index (κ3) is 5.42. The number of ether oxygens (including phenoxy) is 1. The Morgan fingerprint density at radius 1 is 0.972 bits per heavy atom. The van der Waals surface area contributed by atoms with Gasteiger partial charge in [-0.2, -0.15) is 0 Å². The van der Waals surface area contributed by atoms with E-state index in [1.807, 2.05) is 24.3 Å². The van der Waals surface area contributed by atoms with Crippen molar-refractivity contribution in [2.75, 3.05) is 36.1 Å². The van der Waals surface area contributed by atoms with Gasteiger partial charge in [-0.05, 0) is 66.9 Å². The van der Waals surface area contributed by atoms with Crippen LogP contribution in [0.25, 0.3) is 0 Å². The summed E-state index contributed by atoms with van der Waals surface area (Å²) in [6, 6.07) is 17.3. The van der Waals surface area contributed by atoms with Crippen molar-refractivity contribution in [2.24, 2.45) is 0 Å². The number of benzene rings is 2. The maximum absolute atomic E-state index is 13.9. The fourth-order valence-electron chi connectivity index (χ4n) is 4.96. The summed E-state index contributed by atoms with van der Waals surface area (Å²) >= 11 is 6.14. The van der Waals surface area contributed by atoms with Crippen molar-refractivity contribution in [2.45, 2.75) is 37.8 Å². The summed E-state index contributed by atoms with van der Waals surface area (Å²) in [4.78, 5) is 31.4. The number of furan rings is 1. The van der Waals surface area contributed by atoms with E-state index in [4.69, 9.17) is 20.8 Å². The number of anilines is 2. The zero-order valence-corrected chi connectivity index (χ0v) is 20.8. The fraction of sp³-hybridized carbons (Fsp3) is 0.357. The molecule has 1 atom stereocenters. The molecule has 1 N–H and O–H groups in total. The molecule has 0 spiro atoms. The van der Waals surface area contributed by atoms with Gasteiger partial charge in [-0.3, -0.25) is 14.5 Å². The second-order valence-electron chi connectivity index (χ2n) is 9.21. The van der Waals surface area contributed by atoms with Gasteiger partial charge in [0, 0.05) is 35.5 Å². The van der Waals surface area contributed by atoms with E-state index in [9.17, 15) is 9.59 Å². The predicted molar refractivity (Wildman–Crippen MR) is 140 cm³/mol. The normalized spacial score (nSPS) is 17.1. The van der Waals surface area contributed by atoms with Crippen molar-refractivity contribution in [3.05, 3.63) is 83.3 Å². The molecule has 2 fully saturated rings. The zero-order chi connectivity index (χ0) is 24.9. The quantitative estimate of drug-likeness (QED) is 0.474. The number of nitrogens with zero attached hydrogens (tertiary/aromatic N) is 2. The van der Waals surface area contributed by atoms with Crippen molar-refractivity contribution < 1.29 is 18.7 Å². The van der Waals surface area contributed by atoms with Crippen molar-refractivity contribution >= 4 is 34.8 Å². The highest BCUT2D eigenvalue weighted by atomic mass is 35.5. The average molecular weight is 508 g/mol. The van der Waals surface area contributed by atoms with E-state index in [1.165, 1.54) is 11.2 Å². The van der Waals surface area contributed by atoms with Gasteiger partial charge in [-0.15, -0.1) is 0 Å². The number of carbonyl (C=O) groups is 2.